The molecule has 0 aliphatic carbocycles. The van der Waals surface area contributed by atoms with Gasteiger partial charge in [-0.15, -0.1) is 0 Å². The summed E-state index contributed by atoms with van der Waals surface area (Å²) in [5.74, 6) is 2.41. The number of nitrogens with one attached hydrogen (secondary N) is 2. The molecule has 1 amide bonds. The van der Waals surface area contributed by atoms with Crippen LogP contribution in [-0.2, 0) is 4.79 Å². The number of aromatic nitrogens is 2. The highest BCUT2D eigenvalue weighted by Gasteiger charge is 2.20. The van der Waals surface area contributed by atoms with Gasteiger partial charge in [-0.1, -0.05) is 0 Å². The Balaban J connectivity index is 2.36. The maximum Gasteiger partial charge on any atom is 0.239 e. The Morgan fingerprint density at radius 2 is 2.12 bits per heavy atom. The minimum atomic E-state index is 0.0397. The first-order valence-electron chi connectivity index (χ1n) is 5.66. The quantitative estimate of drug-likeness (QED) is 0.759. The van der Waals surface area contributed by atoms with Crippen molar-refractivity contribution in [3.05, 3.63) is 11.4 Å². The third-order valence-electron chi connectivity index (χ3n) is 2.81. The summed E-state index contributed by atoms with van der Waals surface area (Å²) in [5.41, 5.74) is 0.979. The Labute approximate surface area is 100 Å². The highest BCUT2D eigenvalue weighted by molar-refractivity contribution is 5.82. The zero-order chi connectivity index (χ0) is 12.4. The number of piperazine rings is 1. The van der Waals surface area contributed by atoms with Crippen molar-refractivity contribution in [3.8, 4) is 0 Å². The third-order valence-corrected chi connectivity index (χ3v) is 2.81. The van der Waals surface area contributed by atoms with Crippen molar-refractivity contribution in [3.63, 3.8) is 0 Å². The molecule has 1 saturated heterocycles. The highest BCUT2D eigenvalue weighted by atomic mass is 16.2. The van der Waals surface area contributed by atoms with Gasteiger partial charge in [-0.2, -0.15) is 0 Å². The van der Waals surface area contributed by atoms with Gasteiger partial charge in [0.1, 0.15) is 17.5 Å². The molecule has 1 aliphatic rings. The molecule has 0 spiro atoms. The van der Waals surface area contributed by atoms with Gasteiger partial charge >= 0.3 is 0 Å². The van der Waals surface area contributed by atoms with Gasteiger partial charge in [-0.05, 0) is 13.8 Å². The topological polar surface area (TPSA) is 70.2 Å². The Morgan fingerprint density at radius 1 is 1.35 bits per heavy atom. The number of rotatable bonds is 2. The van der Waals surface area contributed by atoms with E-state index in [9.17, 15) is 4.79 Å². The molecule has 1 fully saturated rings. The molecule has 0 atom stereocenters. The van der Waals surface area contributed by atoms with Gasteiger partial charge in [0.25, 0.3) is 0 Å². The smallest absolute Gasteiger partial charge is 0.239 e. The molecule has 2 heterocycles. The normalized spacial score (nSPS) is 15.7. The molecule has 0 aromatic carbocycles. The van der Waals surface area contributed by atoms with Crippen LogP contribution in [0.2, 0.25) is 0 Å². The number of amides is 1. The fourth-order valence-corrected chi connectivity index (χ4v) is 1.98. The van der Waals surface area contributed by atoms with Gasteiger partial charge in [0.15, 0.2) is 0 Å². The van der Waals surface area contributed by atoms with Crippen molar-refractivity contribution in [2.45, 2.75) is 13.8 Å². The predicted octanol–water partition coefficient (Wildman–Crippen LogP) is 0.0713. The van der Waals surface area contributed by atoms with Gasteiger partial charge in [0.2, 0.25) is 5.91 Å². The lowest BCUT2D eigenvalue weighted by Gasteiger charge is -2.29. The van der Waals surface area contributed by atoms with E-state index < -0.39 is 0 Å². The van der Waals surface area contributed by atoms with E-state index in [0.29, 0.717) is 18.9 Å². The summed E-state index contributed by atoms with van der Waals surface area (Å²) >= 11 is 0. The Bertz CT molecular complexity index is 446. The van der Waals surface area contributed by atoms with Crippen molar-refractivity contribution in [1.29, 1.82) is 0 Å². The lowest BCUT2D eigenvalue weighted by molar-refractivity contribution is -0.120. The first-order chi connectivity index (χ1) is 8.11. The van der Waals surface area contributed by atoms with Gasteiger partial charge in [-0.3, -0.25) is 4.79 Å². The molecule has 1 aromatic rings. The summed E-state index contributed by atoms with van der Waals surface area (Å²) in [7, 11) is 1.83. The van der Waals surface area contributed by atoms with Crippen LogP contribution in [0.15, 0.2) is 0 Å². The first kappa shape index (κ1) is 11.6. The molecule has 6 nitrogen and oxygen atoms in total. The standard InChI is InChI=1S/C11H17N5O/c1-7-10(12-3)14-8(2)15-11(7)16-5-4-13-9(17)6-16/h4-6H2,1-3H3,(H,13,17)(H,12,14,15). The molecule has 92 valence electrons. The Hall–Kier alpha value is -1.85. The summed E-state index contributed by atoms with van der Waals surface area (Å²) in [6.45, 7) is 5.63. The number of aryl methyl sites for hydroxylation is 1. The number of anilines is 2. The summed E-state index contributed by atoms with van der Waals surface area (Å²) in [6, 6.07) is 0. The van der Waals surface area contributed by atoms with E-state index in [1.165, 1.54) is 0 Å². The van der Waals surface area contributed by atoms with E-state index in [1.54, 1.807) is 0 Å². The van der Waals surface area contributed by atoms with Crippen LogP contribution in [-0.4, -0.2) is 42.6 Å². The summed E-state index contributed by atoms with van der Waals surface area (Å²) in [5, 5.41) is 5.85. The van der Waals surface area contributed by atoms with E-state index in [4.69, 9.17) is 0 Å². The van der Waals surface area contributed by atoms with Crippen LogP contribution in [0.4, 0.5) is 11.6 Å². The lowest BCUT2D eigenvalue weighted by atomic mass is 10.2. The van der Waals surface area contributed by atoms with Crippen molar-refractivity contribution in [1.82, 2.24) is 15.3 Å². The van der Waals surface area contributed by atoms with Gasteiger partial charge in [-0.25, -0.2) is 9.97 Å². The summed E-state index contributed by atoms with van der Waals surface area (Å²) in [6.07, 6.45) is 0. The fraction of sp³-hybridized carbons (Fsp3) is 0.545. The summed E-state index contributed by atoms with van der Waals surface area (Å²) in [4.78, 5) is 22.1. The van der Waals surface area contributed by atoms with Gasteiger partial charge in [0, 0.05) is 25.7 Å². The molecule has 17 heavy (non-hydrogen) atoms. The largest absolute Gasteiger partial charge is 0.373 e. The highest BCUT2D eigenvalue weighted by Crippen LogP contribution is 2.23. The van der Waals surface area contributed by atoms with Crippen molar-refractivity contribution >= 4 is 17.5 Å². The SMILES string of the molecule is CNc1nc(C)nc(N2CCNC(=O)C2)c1C. The second-order valence-corrected chi connectivity index (χ2v) is 4.09. The van der Waals surface area contributed by atoms with Gasteiger partial charge in [0.05, 0.1) is 6.54 Å². The van der Waals surface area contributed by atoms with Crippen LogP contribution in [0, 0.1) is 13.8 Å². The van der Waals surface area contributed by atoms with Crippen LogP contribution < -0.4 is 15.5 Å². The minimum Gasteiger partial charge on any atom is -0.373 e. The van der Waals surface area contributed by atoms with E-state index in [-0.39, 0.29) is 5.91 Å². The predicted molar refractivity (Wildman–Crippen MR) is 66.3 cm³/mol. The molecule has 6 heteroatoms. The summed E-state index contributed by atoms with van der Waals surface area (Å²) < 4.78 is 0. The van der Waals surface area contributed by atoms with E-state index in [0.717, 1.165) is 23.7 Å². The molecule has 1 aliphatic heterocycles. The Kier molecular flexibility index (Phi) is 3.12. The molecular formula is C11H17N5O. The molecule has 2 N–H and O–H groups in total. The van der Waals surface area contributed by atoms with Crippen LogP contribution in [0.5, 0.6) is 0 Å². The monoisotopic (exact) mass is 235 g/mol. The molecule has 0 radical (unpaired) electrons. The average molecular weight is 235 g/mol. The maximum absolute atomic E-state index is 11.4. The number of hydrogen-bond donors (Lipinski definition) is 2. The van der Waals surface area contributed by atoms with Crippen molar-refractivity contribution in [2.24, 2.45) is 0 Å². The number of hydrogen-bond acceptors (Lipinski definition) is 5. The molecule has 0 unspecified atom stereocenters. The molecule has 1 aromatic heterocycles. The fourth-order valence-electron chi connectivity index (χ4n) is 1.98. The number of carbonyl (C=O) groups is 1. The molecule has 0 saturated carbocycles. The van der Waals surface area contributed by atoms with E-state index in [1.807, 2.05) is 25.8 Å². The van der Waals surface area contributed by atoms with E-state index in [2.05, 4.69) is 20.6 Å². The maximum atomic E-state index is 11.4. The number of nitrogens with zero attached hydrogens (tertiary/aromatic N) is 3. The van der Waals surface area contributed by atoms with Gasteiger partial charge < -0.3 is 15.5 Å². The zero-order valence-corrected chi connectivity index (χ0v) is 10.4. The van der Waals surface area contributed by atoms with Crippen LogP contribution in [0.3, 0.4) is 0 Å². The van der Waals surface area contributed by atoms with E-state index >= 15 is 0 Å². The van der Waals surface area contributed by atoms with Crippen molar-refractivity contribution < 1.29 is 4.79 Å². The van der Waals surface area contributed by atoms with Crippen LogP contribution >= 0.6 is 0 Å². The zero-order valence-electron chi connectivity index (χ0n) is 10.4. The first-order valence-corrected chi connectivity index (χ1v) is 5.66. The second-order valence-electron chi connectivity index (χ2n) is 4.09. The second kappa shape index (κ2) is 4.57. The lowest BCUT2D eigenvalue weighted by Crippen LogP contribution is -2.48. The average Bonchev–Trinajstić information content (AvgIpc) is 2.31. The van der Waals surface area contributed by atoms with Crippen LogP contribution in [0.25, 0.3) is 0 Å². The minimum absolute atomic E-state index is 0.0397. The van der Waals surface area contributed by atoms with Crippen LogP contribution in [0.1, 0.15) is 11.4 Å². The number of carbonyl (C=O) groups excluding carboxylic acids is 1. The third kappa shape index (κ3) is 2.30. The van der Waals surface area contributed by atoms with Crippen molar-refractivity contribution in [2.75, 3.05) is 36.9 Å². The Morgan fingerprint density at radius 3 is 2.76 bits per heavy atom. The molecule has 0 bridgehead atoms. The molecular weight excluding hydrogens is 218 g/mol. The molecule has 2 rings (SSSR count).